The number of benzene rings is 1. The van der Waals surface area contributed by atoms with Crippen molar-refractivity contribution in [3.63, 3.8) is 0 Å². The zero-order valence-corrected chi connectivity index (χ0v) is 21.4. The van der Waals surface area contributed by atoms with Gasteiger partial charge in [-0.3, -0.25) is 0 Å². The van der Waals surface area contributed by atoms with Gasteiger partial charge in [0.05, 0.1) is 12.1 Å². The number of fused-ring (bicyclic) bond motifs is 2. The van der Waals surface area contributed by atoms with Crippen molar-refractivity contribution in [1.29, 1.82) is 0 Å². The van der Waals surface area contributed by atoms with E-state index >= 15 is 0 Å². The molecule has 0 unspecified atom stereocenters. The van der Waals surface area contributed by atoms with Crippen molar-refractivity contribution in [3.05, 3.63) is 35.6 Å². The van der Waals surface area contributed by atoms with Crippen LogP contribution in [0.25, 0.3) is 11.2 Å². The van der Waals surface area contributed by atoms with Crippen LogP contribution in [-0.2, 0) is 9.47 Å². The molecular formula is C25H31FN6O3S. The first-order valence-electron chi connectivity index (χ1n) is 12.6. The zero-order chi connectivity index (χ0) is 25.0. The molecule has 2 aliphatic carbocycles. The lowest BCUT2D eigenvalue weighted by molar-refractivity contribution is -0.162. The summed E-state index contributed by atoms with van der Waals surface area (Å²) in [6.07, 6.45) is 2.16. The smallest absolute Gasteiger partial charge is 0.191 e. The molecule has 6 atom stereocenters. The van der Waals surface area contributed by atoms with E-state index in [1.54, 1.807) is 11.8 Å². The molecule has 6 rings (SSSR count). The Bertz CT molecular complexity index is 1250. The van der Waals surface area contributed by atoms with Crippen molar-refractivity contribution in [2.24, 2.45) is 5.92 Å². The topological polar surface area (TPSA) is 107 Å². The van der Waals surface area contributed by atoms with Gasteiger partial charge in [0, 0.05) is 30.2 Å². The van der Waals surface area contributed by atoms with Crippen LogP contribution in [0.15, 0.2) is 29.4 Å². The molecule has 1 aromatic carbocycles. The quantitative estimate of drug-likeness (QED) is 0.342. The Kier molecular flexibility index (Phi) is 6.14. The van der Waals surface area contributed by atoms with E-state index in [2.05, 4.69) is 22.6 Å². The summed E-state index contributed by atoms with van der Waals surface area (Å²) < 4.78 is 27.6. The molecule has 0 bridgehead atoms. The number of nitrogens with one attached hydrogen (secondary N) is 1. The van der Waals surface area contributed by atoms with Gasteiger partial charge >= 0.3 is 0 Å². The minimum atomic E-state index is -0.719. The van der Waals surface area contributed by atoms with Gasteiger partial charge in [-0.2, -0.15) is 0 Å². The summed E-state index contributed by atoms with van der Waals surface area (Å²) >= 11 is 1.61. The number of rotatable bonds is 8. The second-order valence-corrected chi connectivity index (χ2v) is 11.4. The number of hydrogen-bond acceptors (Lipinski definition) is 9. The molecule has 3 fully saturated rings. The predicted molar refractivity (Wildman–Crippen MR) is 133 cm³/mol. The normalized spacial score (nSPS) is 30.6. The average Bonchev–Trinajstić information content (AvgIpc) is 3.18. The standard InChI is InChI=1S/C25H31FN6O3S/c1-4-9-36-24-28-22(27-17-11-16(17)13-5-7-15(26)8-6-13)19-23(29-24)32(31-30-19)18-10-14(12-33)20-21(18)35-25(2,3)34-20/h5-8,14,16-18,20-21,33H,4,9-12H2,1-3H3,(H,27,28,29)/t14-,16+,17-,18-,20-,21+/m1/s1. The fourth-order valence-corrected chi connectivity index (χ4v) is 6.17. The number of aliphatic hydroxyl groups is 1. The number of anilines is 1. The van der Waals surface area contributed by atoms with Gasteiger partial charge in [-0.1, -0.05) is 36.0 Å². The van der Waals surface area contributed by atoms with Gasteiger partial charge in [-0.25, -0.2) is 19.0 Å². The number of aromatic nitrogens is 5. The molecule has 2 N–H and O–H groups in total. The number of thioether (sulfide) groups is 1. The summed E-state index contributed by atoms with van der Waals surface area (Å²) in [6, 6.07) is 6.72. The van der Waals surface area contributed by atoms with Crippen LogP contribution in [0.3, 0.4) is 0 Å². The third-order valence-electron chi connectivity index (χ3n) is 7.25. The lowest BCUT2D eigenvalue weighted by Crippen LogP contribution is -2.28. The third kappa shape index (κ3) is 4.36. The second kappa shape index (κ2) is 9.20. The minimum absolute atomic E-state index is 0.0234. The molecule has 2 aromatic heterocycles. The van der Waals surface area contributed by atoms with Crippen molar-refractivity contribution < 1.29 is 19.0 Å². The van der Waals surface area contributed by atoms with Crippen molar-refractivity contribution in [3.8, 4) is 0 Å². The third-order valence-corrected chi connectivity index (χ3v) is 8.30. The molecule has 2 saturated carbocycles. The highest BCUT2D eigenvalue weighted by molar-refractivity contribution is 7.99. The van der Waals surface area contributed by atoms with Gasteiger partial charge in [0.25, 0.3) is 0 Å². The lowest BCUT2D eigenvalue weighted by atomic mass is 10.1. The molecule has 0 amide bonds. The Balaban J connectivity index is 1.32. The van der Waals surface area contributed by atoms with E-state index in [0.717, 1.165) is 24.2 Å². The van der Waals surface area contributed by atoms with Crippen LogP contribution in [0, 0.1) is 11.7 Å². The number of hydrogen-bond donors (Lipinski definition) is 2. The van der Waals surface area contributed by atoms with Crippen LogP contribution in [0.4, 0.5) is 10.2 Å². The van der Waals surface area contributed by atoms with Crippen LogP contribution < -0.4 is 5.32 Å². The monoisotopic (exact) mass is 514 g/mol. The van der Waals surface area contributed by atoms with Gasteiger partial charge in [0.15, 0.2) is 27.9 Å². The molecule has 192 valence electrons. The summed E-state index contributed by atoms with van der Waals surface area (Å²) in [5.41, 5.74) is 2.37. The van der Waals surface area contributed by atoms with Crippen molar-refractivity contribution >= 4 is 28.7 Å². The fraction of sp³-hybridized carbons (Fsp3) is 0.600. The molecule has 0 spiro atoms. The van der Waals surface area contributed by atoms with E-state index < -0.39 is 5.79 Å². The largest absolute Gasteiger partial charge is 0.396 e. The molecule has 9 nitrogen and oxygen atoms in total. The SMILES string of the molecule is CCCSc1nc(N[C@@H]2C[C@H]2c2ccc(F)cc2)c2nnn([C@@H]3C[C@H](CO)[C@H]4OC(C)(C)O[C@H]43)c2n1. The Morgan fingerprint density at radius 3 is 2.69 bits per heavy atom. The molecular weight excluding hydrogens is 483 g/mol. The van der Waals surface area contributed by atoms with E-state index in [4.69, 9.17) is 19.4 Å². The Labute approximate surface area is 213 Å². The number of halogens is 1. The maximum absolute atomic E-state index is 13.4. The van der Waals surface area contributed by atoms with Crippen LogP contribution in [0.1, 0.15) is 57.6 Å². The van der Waals surface area contributed by atoms with Gasteiger partial charge in [-0.15, -0.1) is 5.10 Å². The first-order valence-corrected chi connectivity index (χ1v) is 13.6. The first kappa shape index (κ1) is 24.0. The van der Waals surface area contributed by atoms with Gasteiger partial charge < -0.3 is 19.9 Å². The Morgan fingerprint density at radius 1 is 1.17 bits per heavy atom. The van der Waals surface area contributed by atoms with Crippen molar-refractivity contribution in [2.75, 3.05) is 17.7 Å². The summed E-state index contributed by atoms with van der Waals surface area (Å²) in [7, 11) is 0. The molecule has 36 heavy (non-hydrogen) atoms. The Morgan fingerprint density at radius 2 is 1.94 bits per heavy atom. The molecule has 1 saturated heterocycles. The van der Waals surface area contributed by atoms with E-state index in [9.17, 15) is 9.50 Å². The summed E-state index contributed by atoms with van der Waals surface area (Å²) in [6.45, 7) is 5.94. The van der Waals surface area contributed by atoms with E-state index in [-0.39, 0.29) is 42.6 Å². The highest BCUT2D eigenvalue weighted by Gasteiger charge is 2.55. The van der Waals surface area contributed by atoms with Crippen molar-refractivity contribution in [1.82, 2.24) is 25.0 Å². The van der Waals surface area contributed by atoms with Crippen LogP contribution >= 0.6 is 11.8 Å². The van der Waals surface area contributed by atoms with Crippen molar-refractivity contribution in [2.45, 2.75) is 81.2 Å². The molecule has 1 aliphatic heterocycles. The predicted octanol–water partition coefficient (Wildman–Crippen LogP) is 3.90. The molecule has 3 aliphatic rings. The molecule has 11 heteroatoms. The minimum Gasteiger partial charge on any atom is -0.396 e. The zero-order valence-electron chi connectivity index (χ0n) is 20.6. The van der Waals surface area contributed by atoms with Gasteiger partial charge in [0.1, 0.15) is 11.9 Å². The number of nitrogens with zero attached hydrogens (tertiary/aromatic N) is 5. The van der Waals surface area contributed by atoms with E-state index in [1.165, 1.54) is 12.1 Å². The molecule has 3 heterocycles. The maximum Gasteiger partial charge on any atom is 0.191 e. The first-order chi connectivity index (χ1) is 17.4. The lowest BCUT2D eigenvalue weighted by Gasteiger charge is -2.23. The van der Waals surface area contributed by atoms with Gasteiger partial charge in [0.2, 0.25) is 0 Å². The van der Waals surface area contributed by atoms with E-state index in [1.807, 2.05) is 30.7 Å². The highest BCUT2D eigenvalue weighted by Crippen LogP contribution is 2.48. The molecule has 0 radical (unpaired) electrons. The van der Waals surface area contributed by atoms with Crippen LogP contribution in [-0.4, -0.2) is 66.5 Å². The summed E-state index contributed by atoms with van der Waals surface area (Å²) in [5, 5.41) is 23.2. The second-order valence-electron chi connectivity index (χ2n) is 10.4. The number of aliphatic hydroxyl groups excluding tert-OH is 1. The van der Waals surface area contributed by atoms with E-state index in [0.29, 0.717) is 34.5 Å². The fourth-order valence-electron chi connectivity index (χ4n) is 5.48. The summed E-state index contributed by atoms with van der Waals surface area (Å²) in [5.74, 6) is 0.870. The maximum atomic E-state index is 13.4. The van der Waals surface area contributed by atoms with Crippen LogP contribution in [0.2, 0.25) is 0 Å². The molecule has 3 aromatic rings. The van der Waals surface area contributed by atoms with Gasteiger partial charge in [-0.05, 0) is 50.8 Å². The number of ether oxygens (including phenoxy) is 2. The van der Waals surface area contributed by atoms with Crippen LogP contribution in [0.5, 0.6) is 0 Å². The summed E-state index contributed by atoms with van der Waals surface area (Å²) in [4.78, 5) is 9.63. The highest BCUT2D eigenvalue weighted by atomic mass is 32.2. The Hall–Kier alpha value is -2.34. The average molecular weight is 515 g/mol.